The van der Waals surface area contributed by atoms with Gasteiger partial charge in [-0.15, -0.1) is 0 Å². The van der Waals surface area contributed by atoms with Gasteiger partial charge in [-0.1, -0.05) is 24.3 Å². The average molecular weight is 404 g/mol. The lowest BCUT2D eigenvalue weighted by Crippen LogP contribution is -2.45. The zero-order valence-electron chi connectivity index (χ0n) is 17.7. The highest BCUT2D eigenvalue weighted by molar-refractivity contribution is 6.08. The third kappa shape index (κ3) is 3.97. The van der Waals surface area contributed by atoms with Gasteiger partial charge in [0.15, 0.2) is 0 Å². The van der Waals surface area contributed by atoms with Crippen LogP contribution in [0, 0.1) is 13.8 Å². The molecule has 0 radical (unpaired) electrons. The van der Waals surface area contributed by atoms with Crippen LogP contribution < -0.4 is 5.32 Å². The van der Waals surface area contributed by atoms with Crippen LogP contribution in [0.1, 0.15) is 57.7 Å². The zero-order valence-corrected chi connectivity index (χ0v) is 17.7. The number of carbonyl (C=O) groups is 2. The SMILES string of the molecule is Cc1[nH]c2cccc(C(=O)N3CCCCC3CCNC(=O)c3ccccc3)c2c1C. The molecule has 30 heavy (non-hydrogen) atoms. The van der Waals surface area contributed by atoms with Crippen LogP contribution in [0.15, 0.2) is 48.5 Å². The van der Waals surface area contributed by atoms with E-state index in [1.165, 1.54) is 0 Å². The van der Waals surface area contributed by atoms with Gasteiger partial charge in [0.25, 0.3) is 11.8 Å². The Morgan fingerprint density at radius 1 is 1.07 bits per heavy atom. The molecule has 2 N–H and O–H groups in total. The Hall–Kier alpha value is -3.08. The third-order valence-electron chi connectivity index (χ3n) is 6.24. The molecule has 1 aliphatic heterocycles. The molecule has 2 heterocycles. The maximum atomic E-state index is 13.5. The number of benzene rings is 2. The molecule has 156 valence electrons. The van der Waals surface area contributed by atoms with Crippen LogP contribution in [0.3, 0.4) is 0 Å². The van der Waals surface area contributed by atoms with Crippen LogP contribution in [0.5, 0.6) is 0 Å². The van der Waals surface area contributed by atoms with E-state index in [1.807, 2.05) is 60.4 Å². The molecule has 1 aromatic heterocycles. The van der Waals surface area contributed by atoms with E-state index in [2.05, 4.69) is 17.2 Å². The van der Waals surface area contributed by atoms with Crippen molar-refractivity contribution in [2.75, 3.05) is 13.1 Å². The molecule has 0 aliphatic carbocycles. The van der Waals surface area contributed by atoms with E-state index in [-0.39, 0.29) is 17.9 Å². The van der Waals surface area contributed by atoms with Gasteiger partial charge in [-0.2, -0.15) is 0 Å². The lowest BCUT2D eigenvalue weighted by molar-refractivity contribution is 0.0603. The smallest absolute Gasteiger partial charge is 0.254 e. The topological polar surface area (TPSA) is 65.2 Å². The van der Waals surface area contributed by atoms with Gasteiger partial charge >= 0.3 is 0 Å². The third-order valence-corrected chi connectivity index (χ3v) is 6.24. The van der Waals surface area contributed by atoms with Gasteiger partial charge in [0, 0.05) is 46.9 Å². The van der Waals surface area contributed by atoms with E-state index >= 15 is 0 Å². The summed E-state index contributed by atoms with van der Waals surface area (Å²) in [5.41, 5.74) is 4.69. The first-order chi connectivity index (χ1) is 14.6. The highest BCUT2D eigenvalue weighted by Crippen LogP contribution is 2.28. The van der Waals surface area contributed by atoms with E-state index < -0.39 is 0 Å². The summed E-state index contributed by atoms with van der Waals surface area (Å²) in [4.78, 5) is 31.2. The predicted molar refractivity (Wildman–Crippen MR) is 120 cm³/mol. The minimum absolute atomic E-state index is 0.0625. The number of fused-ring (bicyclic) bond motifs is 1. The summed E-state index contributed by atoms with van der Waals surface area (Å²) in [6, 6.07) is 15.3. The number of aryl methyl sites for hydroxylation is 2. The summed E-state index contributed by atoms with van der Waals surface area (Å²) in [5, 5.41) is 4.04. The van der Waals surface area contributed by atoms with Crippen molar-refractivity contribution in [2.24, 2.45) is 0 Å². The Balaban J connectivity index is 1.47. The number of aromatic amines is 1. The zero-order chi connectivity index (χ0) is 21.1. The predicted octanol–water partition coefficient (Wildman–Crippen LogP) is 4.60. The van der Waals surface area contributed by atoms with Crippen molar-refractivity contribution in [3.8, 4) is 0 Å². The number of nitrogens with one attached hydrogen (secondary N) is 2. The quantitative estimate of drug-likeness (QED) is 0.654. The number of amides is 2. The summed E-state index contributed by atoms with van der Waals surface area (Å²) in [5.74, 6) is 0.0364. The van der Waals surface area contributed by atoms with E-state index in [0.29, 0.717) is 12.1 Å². The van der Waals surface area contributed by atoms with Crippen LogP contribution in [0.4, 0.5) is 0 Å². The molecule has 0 spiro atoms. The standard InChI is InChI=1S/C25H29N3O2/c1-17-18(2)27-22-13-8-12-21(23(17)22)25(30)28-16-7-6-11-20(28)14-15-26-24(29)19-9-4-3-5-10-19/h3-5,8-10,12-13,20,27H,6-7,11,14-16H2,1-2H3,(H,26,29). The van der Waals surface area contributed by atoms with E-state index in [0.717, 1.165) is 60.0 Å². The fourth-order valence-electron chi connectivity index (χ4n) is 4.49. The van der Waals surface area contributed by atoms with E-state index in [1.54, 1.807) is 0 Å². The van der Waals surface area contributed by atoms with Crippen LogP contribution in [0.25, 0.3) is 10.9 Å². The van der Waals surface area contributed by atoms with Crippen LogP contribution in [0.2, 0.25) is 0 Å². The summed E-state index contributed by atoms with van der Waals surface area (Å²) >= 11 is 0. The molecule has 1 aliphatic rings. The molecule has 1 atom stereocenters. The van der Waals surface area contributed by atoms with Crippen molar-refractivity contribution >= 4 is 22.7 Å². The van der Waals surface area contributed by atoms with Gasteiger partial charge in [-0.05, 0) is 69.4 Å². The average Bonchev–Trinajstić information content (AvgIpc) is 3.08. The maximum absolute atomic E-state index is 13.5. The van der Waals surface area contributed by atoms with Crippen LogP contribution >= 0.6 is 0 Å². The van der Waals surface area contributed by atoms with Crippen molar-refractivity contribution in [3.05, 3.63) is 70.9 Å². The molecule has 1 saturated heterocycles. The normalized spacial score (nSPS) is 16.6. The number of nitrogens with zero attached hydrogens (tertiary/aromatic N) is 1. The first-order valence-electron chi connectivity index (χ1n) is 10.8. The minimum atomic E-state index is -0.0625. The molecular formula is C25H29N3O2. The number of hydrogen-bond acceptors (Lipinski definition) is 2. The number of aromatic nitrogens is 1. The lowest BCUT2D eigenvalue weighted by Gasteiger charge is -2.36. The molecule has 1 unspecified atom stereocenters. The Labute approximate surface area is 177 Å². The molecule has 0 saturated carbocycles. The van der Waals surface area contributed by atoms with Crippen molar-refractivity contribution in [1.82, 2.24) is 15.2 Å². The Bertz CT molecular complexity index is 1050. The molecule has 5 heteroatoms. The second kappa shape index (κ2) is 8.74. The molecule has 5 nitrogen and oxygen atoms in total. The Morgan fingerprint density at radius 2 is 1.87 bits per heavy atom. The molecule has 3 aromatic rings. The number of hydrogen-bond donors (Lipinski definition) is 2. The number of piperidine rings is 1. The first kappa shape index (κ1) is 20.2. The van der Waals surface area contributed by atoms with Crippen molar-refractivity contribution in [2.45, 2.75) is 45.6 Å². The maximum Gasteiger partial charge on any atom is 0.254 e. The largest absolute Gasteiger partial charge is 0.358 e. The van der Waals surface area contributed by atoms with Gasteiger partial charge in [0.1, 0.15) is 0 Å². The van der Waals surface area contributed by atoms with Crippen molar-refractivity contribution in [3.63, 3.8) is 0 Å². The molecule has 4 rings (SSSR count). The van der Waals surface area contributed by atoms with E-state index in [4.69, 9.17) is 0 Å². The number of likely N-dealkylation sites (tertiary alicyclic amines) is 1. The second-order valence-electron chi connectivity index (χ2n) is 8.16. The van der Waals surface area contributed by atoms with Gasteiger partial charge in [-0.25, -0.2) is 0 Å². The van der Waals surface area contributed by atoms with E-state index in [9.17, 15) is 9.59 Å². The van der Waals surface area contributed by atoms with Gasteiger partial charge in [-0.3, -0.25) is 9.59 Å². The summed E-state index contributed by atoms with van der Waals surface area (Å²) in [7, 11) is 0. The molecule has 2 aromatic carbocycles. The summed E-state index contributed by atoms with van der Waals surface area (Å²) in [6.45, 7) is 5.45. The number of carbonyl (C=O) groups excluding carboxylic acids is 2. The van der Waals surface area contributed by atoms with Gasteiger partial charge in [0.2, 0.25) is 0 Å². The second-order valence-corrected chi connectivity index (χ2v) is 8.16. The minimum Gasteiger partial charge on any atom is -0.358 e. The first-order valence-corrected chi connectivity index (χ1v) is 10.8. The molecule has 2 amide bonds. The molecule has 1 fully saturated rings. The number of rotatable bonds is 5. The highest BCUT2D eigenvalue weighted by atomic mass is 16.2. The summed E-state index contributed by atoms with van der Waals surface area (Å²) in [6.07, 6.45) is 3.90. The van der Waals surface area contributed by atoms with Crippen LogP contribution in [-0.2, 0) is 0 Å². The Kier molecular flexibility index (Phi) is 5.88. The monoisotopic (exact) mass is 403 g/mol. The van der Waals surface area contributed by atoms with Crippen molar-refractivity contribution < 1.29 is 9.59 Å². The fraction of sp³-hybridized carbons (Fsp3) is 0.360. The van der Waals surface area contributed by atoms with Crippen molar-refractivity contribution in [1.29, 1.82) is 0 Å². The molecular weight excluding hydrogens is 374 g/mol. The lowest BCUT2D eigenvalue weighted by atomic mass is 9.96. The highest BCUT2D eigenvalue weighted by Gasteiger charge is 2.29. The fourth-order valence-corrected chi connectivity index (χ4v) is 4.49. The Morgan fingerprint density at radius 3 is 2.67 bits per heavy atom. The van der Waals surface area contributed by atoms with Gasteiger partial charge < -0.3 is 15.2 Å². The van der Waals surface area contributed by atoms with Crippen LogP contribution in [-0.4, -0.2) is 40.8 Å². The van der Waals surface area contributed by atoms with Gasteiger partial charge in [0.05, 0.1) is 0 Å². The molecule has 0 bridgehead atoms. The number of H-pyrrole nitrogens is 1. The summed E-state index contributed by atoms with van der Waals surface area (Å²) < 4.78 is 0.